The molecule has 0 fully saturated rings. The van der Waals surface area contributed by atoms with Gasteiger partial charge in [-0.3, -0.25) is 4.79 Å². The first-order chi connectivity index (χ1) is 8.08. The predicted octanol–water partition coefficient (Wildman–Crippen LogP) is 1.69. The van der Waals surface area contributed by atoms with Gasteiger partial charge in [0.25, 0.3) is 0 Å². The lowest BCUT2D eigenvalue weighted by Gasteiger charge is -2.15. The van der Waals surface area contributed by atoms with E-state index in [1.165, 1.54) is 0 Å². The van der Waals surface area contributed by atoms with Crippen LogP contribution in [0.15, 0.2) is 0 Å². The van der Waals surface area contributed by atoms with E-state index >= 15 is 0 Å². The fourth-order valence-electron chi connectivity index (χ4n) is 1.69. The maximum atomic E-state index is 10.8. The molecule has 0 aliphatic heterocycles. The number of hydrogen-bond acceptors (Lipinski definition) is 4. The highest BCUT2D eigenvalue weighted by atomic mass is 16.4. The molecule has 2 unspecified atom stereocenters. The monoisotopic (exact) mass is 240 g/mol. The number of rotatable bonds is 7. The van der Waals surface area contributed by atoms with Gasteiger partial charge in [0.2, 0.25) is 0 Å². The second kappa shape index (κ2) is 6.32. The smallest absolute Gasteiger partial charge is 0.305 e. The van der Waals surface area contributed by atoms with Crippen LogP contribution in [0, 0.1) is 5.92 Å². The van der Waals surface area contributed by atoms with Crippen molar-refractivity contribution in [2.24, 2.45) is 5.92 Å². The molecule has 0 amide bonds. The lowest BCUT2D eigenvalue weighted by atomic mass is 10.0. The summed E-state index contributed by atoms with van der Waals surface area (Å²) in [6.07, 6.45) is 2.63. The third kappa shape index (κ3) is 3.80. The van der Waals surface area contributed by atoms with E-state index in [9.17, 15) is 4.79 Å². The van der Waals surface area contributed by atoms with Crippen molar-refractivity contribution in [1.29, 1.82) is 0 Å². The second-order valence-electron chi connectivity index (χ2n) is 4.42. The summed E-state index contributed by atoms with van der Waals surface area (Å²) in [7, 11) is 0. The molecule has 0 bridgehead atoms. The molecule has 0 aromatic carbocycles. The van der Waals surface area contributed by atoms with Crippen molar-refractivity contribution in [2.75, 3.05) is 0 Å². The Balaban J connectivity index is 2.81. The number of carboxylic acid groups (broad SMARTS) is 1. The normalized spacial score (nSPS) is 14.5. The SMILES string of the molecule is CCC(C)Cc1nnnn1C(CC)CC(=O)O. The van der Waals surface area contributed by atoms with Gasteiger partial charge in [0.15, 0.2) is 5.82 Å². The zero-order chi connectivity index (χ0) is 12.8. The summed E-state index contributed by atoms with van der Waals surface area (Å²) < 4.78 is 1.67. The van der Waals surface area contributed by atoms with Crippen LogP contribution < -0.4 is 0 Å². The molecule has 1 aromatic rings. The molecular weight excluding hydrogens is 220 g/mol. The maximum Gasteiger partial charge on any atom is 0.305 e. The van der Waals surface area contributed by atoms with Gasteiger partial charge in [-0.05, 0) is 22.8 Å². The summed E-state index contributed by atoms with van der Waals surface area (Å²) in [6.45, 7) is 6.20. The number of carboxylic acids is 1. The van der Waals surface area contributed by atoms with E-state index in [1.54, 1.807) is 4.68 Å². The standard InChI is InChI=1S/C11H20N4O2/c1-4-8(3)6-10-12-13-14-15(10)9(5-2)7-11(16)17/h8-9H,4-7H2,1-3H3,(H,16,17). The van der Waals surface area contributed by atoms with Gasteiger partial charge in [0.1, 0.15) is 0 Å². The third-order valence-electron chi connectivity index (χ3n) is 3.02. The highest BCUT2D eigenvalue weighted by molar-refractivity contribution is 5.67. The lowest BCUT2D eigenvalue weighted by molar-refractivity contribution is -0.138. The summed E-state index contributed by atoms with van der Waals surface area (Å²) in [6, 6.07) is -0.151. The van der Waals surface area contributed by atoms with Crippen LogP contribution in [0.5, 0.6) is 0 Å². The van der Waals surface area contributed by atoms with Gasteiger partial charge >= 0.3 is 5.97 Å². The highest BCUT2D eigenvalue weighted by Crippen LogP contribution is 2.18. The van der Waals surface area contributed by atoms with Gasteiger partial charge in [-0.15, -0.1) is 5.10 Å². The minimum Gasteiger partial charge on any atom is -0.481 e. The molecule has 0 aliphatic carbocycles. The summed E-state index contributed by atoms with van der Waals surface area (Å²) >= 11 is 0. The summed E-state index contributed by atoms with van der Waals surface area (Å²) in [5, 5.41) is 20.4. The minimum absolute atomic E-state index is 0.0645. The molecule has 0 aliphatic rings. The Labute approximate surface area is 101 Å². The van der Waals surface area contributed by atoms with E-state index in [4.69, 9.17) is 5.11 Å². The van der Waals surface area contributed by atoms with Crippen LogP contribution in [-0.4, -0.2) is 31.3 Å². The average molecular weight is 240 g/mol. The quantitative estimate of drug-likeness (QED) is 0.784. The van der Waals surface area contributed by atoms with E-state index in [-0.39, 0.29) is 12.5 Å². The number of carbonyl (C=O) groups is 1. The van der Waals surface area contributed by atoms with E-state index in [0.717, 1.165) is 18.7 Å². The van der Waals surface area contributed by atoms with Crippen molar-refractivity contribution in [1.82, 2.24) is 20.2 Å². The second-order valence-corrected chi connectivity index (χ2v) is 4.42. The van der Waals surface area contributed by atoms with E-state index in [1.807, 2.05) is 6.92 Å². The van der Waals surface area contributed by atoms with Gasteiger partial charge in [0, 0.05) is 6.42 Å². The third-order valence-corrected chi connectivity index (χ3v) is 3.02. The van der Waals surface area contributed by atoms with Crippen LogP contribution in [0.25, 0.3) is 0 Å². The highest BCUT2D eigenvalue weighted by Gasteiger charge is 2.19. The molecular formula is C11H20N4O2. The average Bonchev–Trinajstić information content (AvgIpc) is 2.73. The topological polar surface area (TPSA) is 80.9 Å². The first-order valence-corrected chi connectivity index (χ1v) is 6.06. The molecule has 2 atom stereocenters. The molecule has 17 heavy (non-hydrogen) atoms. The Kier molecular flexibility index (Phi) is 5.06. The Morgan fingerprint density at radius 2 is 2.12 bits per heavy atom. The number of hydrogen-bond donors (Lipinski definition) is 1. The number of tetrazole rings is 1. The minimum atomic E-state index is -0.818. The molecule has 1 rings (SSSR count). The molecule has 1 N–H and O–H groups in total. The van der Waals surface area contributed by atoms with Crippen molar-refractivity contribution in [2.45, 2.75) is 52.5 Å². The predicted molar refractivity (Wildman–Crippen MR) is 62.6 cm³/mol. The lowest BCUT2D eigenvalue weighted by Crippen LogP contribution is -2.18. The molecule has 0 radical (unpaired) electrons. The maximum absolute atomic E-state index is 10.8. The van der Waals surface area contributed by atoms with Crippen LogP contribution in [-0.2, 0) is 11.2 Å². The van der Waals surface area contributed by atoms with Crippen molar-refractivity contribution >= 4 is 5.97 Å². The molecule has 96 valence electrons. The summed E-state index contributed by atoms with van der Waals surface area (Å²) in [4.78, 5) is 10.8. The largest absolute Gasteiger partial charge is 0.481 e. The fraction of sp³-hybridized carbons (Fsp3) is 0.818. The van der Waals surface area contributed by atoms with Gasteiger partial charge in [-0.2, -0.15) is 0 Å². The Hall–Kier alpha value is -1.46. The molecule has 0 spiro atoms. The van der Waals surface area contributed by atoms with Crippen LogP contribution in [0.2, 0.25) is 0 Å². The molecule has 6 heteroatoms. The summed E-state index contributed by atoms with van der Waals surface area (Å²) in [5.74, 6) is 0.469. The van der Waals surface area contributed by atoms with Gasteiger partial charge < -0.3 is 5.11 Å². The molecule has 6 nitrogen and oxygen atoms in total. The Morgan fingerprint density at radius 3 is 2.65 bits per heavy atom. The first-order valence-electron chi connectivity index (χ1n) is 6.06. The van der Waals surface area contributed by atoms with E-state index < -0.39 is 5.97 Å². The zero-order valence-electron chi connectivity index (χ0n) is 10.6. The Morgan fingerprint density at radius 1 is 1.41 bits per heavy atom. The molecule has 1 aromatic heterocycles. The van der Waals surface area contributed by atoms with Crippen LogP contribution in [0.3, 0.4) is 0 Å². The molecule has 1 heterocycles. The van der Waals surface area contributed by atoms with Gasteiger partial charge in [-0.25, -0.2) is 4.68 Å². The van der Waals surface area contributed by atoms with Crippen molar-refractivity contribution < 1.29 is 9.90 Å². The first kappa shape index (κ1) is 13.6. The number of aromatic nitrogens is 4. The number of aliphatic carboxylic acids is 1. The van der Waals surface area contributed by atoms with Gasteiger partial charge in [-0.1, -0.05) is 27.2 Å². The van der Waals surface area contributed by atoms with Crippen LogP contribution >= 0.6 is 0 Å². The van der Waals surface area contributed by atoms with Crippen molar-refractivity contribution in [3.05, 3.63) is 5.82 Å². The van der Waals surface area contributed by atoms with E-state index in [2.05, 4.69) is 29.4 Å². The van der Waals surface area contributed by atoms with Crippen LogP contribution in [0.4, 0.5) is 0 Å². The summed E-state index contributed by atoms with van der Waals surface area (Å²) in [5.41, 5.74) is 0. The fourth-order valence-corrected chi connectivity index (χ4v) is 1.69. The van der Waals surface area contributed by atoms with Crippen molar-refractivity contribution in [3.8, 4) is 0 Å². The Bertz CT molecular complexity index is 364. The van der Waals surface area contributed by atoms with Gasteiger partial charge in [0.05, 0.1) is 12.5 Å². The van der Waals surface area contributed by atoms with E-state index in [0.29, 0.717) is 12.3 Å². The van der Waals surface area contributed by atoms with Crippen LogP contribution in [0.1, 0.15) is 51.9 Å². The van der Waals surface area contributed by atoms with Crippen molar-refractivity contribution in [3.63, 3.8) is 0 Å². The molecule has 0 saturated carbocycles. The molecule has 0 saturated heterocycles. The zero-order valence-corrected chi connectivity index (χ0v) is 10.6. The number of nitrogens with zero attached hydrogens (tertiary/aromatic N) is 4.